The quantitative estimate of drug-likeness (QED) is 0.730. The smallest absolute Gasteiger partial charge is 0.248 e. The van der Waals surface area contributed by atoms with Crippen LogP contribution in [0, 0.1) is 0 Å². The van der Waals surface area contributed by atoms with Gasteiger partial charge in [-0.1, -0.05) is 26.2 Å². The van der Waals surface area contributed by atoms with Crippen LogP contribution in [0.25, 0.3) is 0 Å². The van der Waals surface area contributed by atoms with Crippen molar-refractivity contribution in [2.24, 2.45) is 0 Å². The highest BCUT2D eigenvalue weighted by Gasteiger charge is 2.46. The molecule has 120 valence electrons. The zero-order valence-electron chi connectivity index (χ0n) is 13.2. The first kappa shape index (κ1) is 16.3. The SMILES string of the molecule is CCCCOCCCN1CCC(=O)NC2(CCCC2)C1=O. The Bertz CT molecular complexity index is 365. The number of carbonyl (C=O) groups excluding carboxylic acids is 2. The molecule has 1 N–H and O–H groups in total. The monoisotopic (exact) mass is 296 g/mol. The molecule has 1 saturated carbocycles. The number of carbonyl (C=O) groups is 2. The average molecular weight is 296 g/mol. The molecule has 0 aromatic rings. The maximum Gasteiger partial charge on any atom is 0.248 e. The van der Waals surface area contributed by atoms with E-state index < -0.39 is 5.54 Å². The van der Waals surface area contributed by atoms with Crippen molar-refractivity contribution in [2.45, 2.75) is 63.8 Å². The molecule has 2 aliphatic rings. The first-order chi connectivity index (χ1) is 10.2. The third-order valence-corrected chi connectivity index (χ3v) is 4.50. The normalized spacial score (nSPS) is 21.7. The Labute approximate surface area is 127 Å². The molecule has 1 spiro atoms. The summed E-state index contributed by atoms with van der Waals surface area (Å²) in [7, 11) is 0. The van der Waals surface area contributed by atoms with E-state index in [1.54, 1.807) is 0 Å². The van der Waals surface area contributed by atoms with E-state index in [9.17, 15) is 9.59 Å². The van der Waals surface area contributed by atoms with Crippen molar-refractivity contribution in [3.8, 4) is 0 Å². The molecule has 21 heavy (non-hydrogen) atoms. The lowest BCUT2D eigenvalue weighted by atomic mass is 9.96. The molecule has 2 fully saturated rings. The van der Waals surface area contributed by atoms with E-state index in [4.69, 9.17) is 4.74 Å². The van der Waals surface area contributed by atoms with Gasteiger partial charge in [-0.3, -0.25) is 9.59 Å². The van der Waals surface area contributed by atoms with E-state index in [2.05, 4.69) is 12.2 Å². The van der Waals surface area contributed by atoms with Crippen molar-refractivity contribution < 1.29 is 14.3 Å². The molecule has 1 heterocycles. The highest BCUT2D eigenvalue weighted by molar-refractivity contribution is 5.93. The average Bonchev–Trinajstić information content (AvgIpc) is 2.90. The van der Waals surface area contributed by atoms with E-state index in [0.717, 1.165) is 51.6 Å². The zero-order chi connectivity index (χ0) is 15.1. The first-order valence-electron chi connectivity index (χ1n) is 8.36. The van der Waals surface area contributed by atoms with Gasteiger partial charge < -0.3 is 15.0 Å². The molecule has 0 aromatic carbocycles. The Balaban J connectivity index is 1.83. The standard InChI is InChI=1S/C16H28N2O3/c1-2-3-12-21-13-6-10-18-11-7-14(19)17-16(15(18)20)8-4-5-9-16/h2-13H2,1H3,(H,17,19). The van der Waals surface area contributed by atoms with Crippen LogP contribution in [0.2, 0.25) is 0 Å². The number of nitrogens with one attached hydrogen (secondary N) is 1. The number of ether oxygens (including phenoxy) is 1. The lowest BCUT2D eigenvalue weighted by Crippen LogP contribution is -2.55. The van der Waals surface area contributed by atoms with Crippen LogP contribution in [-0.4, -0.2) is 48.6 Å². The van der Waals surface area contributed by atoms with E-state index in [0.29, 0.717) is 26.1 Å². The first-order valence-corrected chi connectivity index (χ1v) is 8.36. The fourth-order valence-corrected chi connectivity index (χ4v) is 3.26. The summed E-state index contributed by atoms with van der Waals surface area (Å²) >= 11 is 0. The van der Waals surface area contributed by atoms with Gasteiger partial charge in [0.2, 0.25) is 11.8 Å². The van der Waals surface area contributed by atoms with Crippen LogP contribution in [0.1, 0.15) is 58.3 Å². The molecular formula is C16H28N2O3. The van der Waals surface area contributed by atoms with E-state index in [1.807, 2.05) is 4.90 Å². The third-order valence-electron chi connectivity index (χ3n) is 4.50. The number of amides is 2. The van der Waals surface area contributed by atoms with Gasteiger partial charge in [0.1, 0.15) is 5.54 Å². The van der Waals surface area contributed by atoms with Crippen LogP contribution in [0.15, 0.2) is 0 Å². The van der Waals surface area contributed by atoms with Crippen LogP contribution in [0.5, 0.6) is 0 Å². The Morgan fingerprint density at radius 2 is 1.90 bits per heavy atom. The largest absolute Gasteiger partial charge is 0.381 e. The molecule has 1 aliphatic carbocycles. The molecule has 0 radical (unpaired) electrons. The Morgan fingerprint density at radius 1 is 1.19 bits per heavy atom. The minimum absolute atomic E-state index is 0.0203. The molecule has 0 bridgehead atoms. The molecule has 0 aromatic heterocycles. The van der Waals surface area contributed by atoms with Crippen LogP contribution >= 0.6 is 0 Å². The number of unbranched alkanes of at least 4 members (excludes halogenated alkanes) is 1. The predicted octanol–water partition coefficient (Wildman–Crippen LogP) is 1.85. The number of nitrogens with zero attached hydrogens (tertiary/aromatic N) is 1. The molecular weight excluding hydrogens is 268 g/mol. The summed E-state index contributed by atoms with van der Waals surface area (Å²) in [6, 6.07) is 0. The molecule has 0 unspecified atom stereocenters. The minimum Gasteiger partial charge on any atom is -0.381 e. The zero-order valence-corrected chi connectivity index (χ0v) is 13.2. The van der Waals surface area contributed by atoms with E-state index in [-0.39, 0.29) is 11.8 Å². The third kappa shape index (κ3) is 4.19. The Kier molecular flexibility index (Phi) is 6.03. The summed E-state index contributed by atoms with van der Waals surface area (Å²) < 4.78 is 5.55. The van der Waals surface area contributed by atoms with E-state index >= 15 is 0 Å². The summed E-state index contributed by atoms with van der Waals surface area (Å²) in [4.78, 5) is 26.5. The minimum atomic E-state index is -0.601. The second kappa shape index (κ2) is 7.78. The second-order valence-electron chi connectivity index (χ2n) is 6.20. The molecule has 2 rings (SSSR count). The molecule has 0 atom stereocenters. The van der Waals surface area contributed by atoms with Crippen molar-refractivity contribution in [2.75, 3.05) is 26.3 Å². The van der Waals surface area contributed by atoms with E-state index in [1.165, 1.54) is 0 Å². The van der Waals surface area contributed by atoms with Crippen molar-refractivity contribution in [1.82, 2.24) is 10.2 Å². The molecule has 1 aliphatic heterocycles. The van der Waals surface area contributed by atoms with Gasteiger partial charge in [-0.05, 0) is 25.7 Å². The topological polar surface area (TPSA) is 58.6 Å². The molecule has 5 heteroatoms. The molecule has 5 nitrogen and oxygen atoms in total. The van der Waals surface area contributed by atoms with Crippen molar-refractivity contribution in [1.29, 1.82) is 0 Å². The van der Waals surface area contributed by atoms with Gasteiger partial charge in [-0.2, -0.15) is 0 Å². The highest BCUT2D eigenvalue weighted by atomic mass is 16.5. The van der Waals surface area contributed by atoms with Gasteiger partial charge in [0.25, 0.3) is 0 Å². The highest BCUT2D eigenvalue weighted by Crippen LogP contribution is 2.32. The molecule has 1 saturated heterocycles. The maximum atomic E-state index is 12.8. The number of rotatable bonds is 7. The Morgan fingerprint density at radius 3 is 2.62 bits per heavy atom. The van der Waals surface area contributed by atoms with Gasteiger partial charge in [-0.15, -0.1) is 0 Å². The summed E-state index contributed by atoms with van der Waals surface area (Å²) in [5, 5.41) is 2.99. The van der Waals surface area contributed by atoms with Crippen LogP contribution in [0.4, 0.5) is 0 Å². The summed E-state index contributed by atoms with van der Waals surface area (Å²) in [6.45, 7) is 4.87. The van der Waals surface area contributed by atoms with Crippen molar-refractivity contribution in [3.05, 3.63) is 0 Å². The Hall–Kier alpha value is -1.10. The lowest BCUT2D eigenvalue weighted by molar-refractivity contribution is -0.138. The number of hydrogen-bond acceptors (Lipinski definition) is 3. The predicted molar refractivity (Wildman–Crippen MR) is 80.9 cm³/mol. The lowest BCUT2D eigenvalue weighted by Gasteiger charge is -2.31. The van der Waals surface area contributed by atoms with Gasteiger partial charge in [0, 0.05) is 32.7 Å². The van der Waals surface area contributed by atoms with Crippen LogP contribution in [-0.2, 0) is 14.3 Å². The van der Waals surface area contributed by atoms with Crippen LogP contribution < -0.4 is 5.32 Å². The van der Waals surface area contributed by atoms with Gasteiger partial charge in [-0.25, -0.2) is 0 Å². The summed E-state index contributed by atoms with van der Waals surface area (Å²) in [5.74, 6) is 0.145. The summed E-state index contributed by atoms with van der Waals surface area (Å²) in [5.41, 5.74) is -0.601. The van der Waals surface area contributed by atoms with Gasteiger partial charge >= 0.3 is 0 Å². The summed E-state index contributed by atoms with van der Waals surface area (Å²) in [6.07, 6.45) is 7.14. The van der Waals surface area contributed by atoms with Crippen LogP contribution in [0.3, 0.4) is 0 Å². The maximum absolute atomic E-state index is 12.8. The van der Waals surface area contributed by atoms with Gasteiger partial charge in [0.15, 0.2) is 0 Å². The van der Waals surface area contributed by atoms with Crippen molar-refractivity contribution >= 4 is 11.8 Å². The fraction of sp³-hybridized carbons (Fsp3) is 0.875. The second-order valence-corrected chi connectivity index (χ2v) is 6.20. The van der Waals surface area contributed by atoms with Crippen molar-refractivity contribution in [3.63, 3.8) is 0 Å². The van der Waals surface area contributed by atoms with Gasteiger partial charge in [0.05, 0.1) is 0 Å². The number of hydrogen-bond donors (Lipinski definition) is 1. The molecule has 2 amide bonds. The fourth-order valence-electron chi connectivity index (χ4n) is 3.26.